The minimum Gasteiger partial charge on any atom is -0.335 e. The average Bonchev–Trinajstić information content (AvgIpc) is 3.13. The van der Waals surface area contributed by atoms with E-state index in [0.29, 0.717) is 18.1 Å². The fourth-order valence-electron chi connectivity index (χ4n) is 3.07. The van der Waals surface area contributed by atoms with E-state index in [1.165, 1.54) is 0 Å². The summed E-state index contributed by atoms with van der Waals surface area (Å²) in [5.74, 6) is 0.328. The predicted octanol–water partition coefficient (Wildman–Crippen LogP) is 3.08. The van der Waals surface area contributed by atoms with Gasteiger partial charge in [0.2, 0.25) is 11.5 Å². The highest BCUT2D eigenvalue weighted by molar-refractivity contribution is 5.92. The molecule has 23 heavy (non-hydrogen) atoms. The van der Waals surface area contributed by atoms with Crippen LogP contribution in [0.15, 0.2) is 41.1 Å². The van der Waals surface area contributed by atoms with Gasteiger partial charge in [-0.05, 0) is 11.5 Å². The maximum Gasteiger partial charge on any atom is 0.266 e. The molecule has 5 nitrogen and oxygen atoms in total. The highest BCUT2D eigenvalue weighted by Crippen LogP contribution is 2.45. The summed E-state index contributed by atoms with van der Waals surface area (Å²) in [6, 6.07) is 9.73. The number of aromatic nitrogens is 3. The van der Waals surface area contributed by atoms with E-state index >= 15 is 4.39 Å². The number of benzene rings is 1. The van der Waals surface area contributed by atoms with Crippen molar-refractivity contribution in [2.45, 2.75) is 19.5 Å². The van der Waals surface area contributed by atoms with Crippen LogP contribution in [-0.4, -0.2) is 28.2 Å². The highest BCUT2D eigenvalue weighted by Gasteiger charge is 2.55. The van der Waals surface area contributed by atoms with Gasteiger partial charge in [-0.15, -0.1) is 0 Å². The molecule has 1 fully saturated rings. The maximum absolute atomic E-state index is 15.4. The summed E-state index contributed by atoms with van der Waals surface area (Å²) < 4.78 is 20.7. The average molecular weight is 312 g/mol. The summed E-state index contributed by atoms with van der Waals surface area (Å²) in [5, 5.41) is 8.98. The van der Waals surface area contributed by atoms with E-state index in [1.807, 2.05) is 44.2 Å². The van der Waals surface area contributed by atoms with Crippen LogP contribution in [0, 0.1) is 5.41 Å². The first-order valence-corrected chi connectivity index (χ1v) is 7.59. The van der Waals surface area contributed by atoms with Gasteiger partial charge in [0.1, 0.15) is 5.69 Å². The van der Waals surface area contributed by atoms with Gasteiger partial charge in [0.25, 0.3) is 5.89 Å². The van der Waals surface area contributed by atoms with E-state index in [1.54, 1.807) is 6.20 Å². The molecule has 118 valence electrons. The molecule has 1 aromatic carbocycles. The summed E-state index contributed by atoms with van der Waals surface area (Å²) in [5.41, 5.74) is -1.68. The Bertz CT molecular complexity index is 870. The Balaban J connectivity index is 1.82. The van der Waals surface area contributed by atoms with Gasteiger partial charge in [0.15, 0.2) is 0 Å². The lowest BCUT2D eigenvalue weighted by molar-refractivity contribution is 0.0291. The molecule has 0 aliphatic carbocycles. The third kappa shape index (κ3) is 2.05. The van der Waals surface area contributed by atoms with E-state index in [2.05, 4.69) is 20.4 Å². The number of rotatable bonds is 2. The highest BCUT2D eigenvalue weighted by atomic mass is 19.1. The molecule has 0 saturated carbocycles. The molecule has 1 aliphatic heterocycles. The summed E-state index contributed by atoms with van der Waals surface area (Å²) in [4.78, 5) is 8.68. The van der Waals surface area contributed by atoms with Crippen molar-refractivity contribution in [2.24, 2.45) is 5.41 Å². The van der Waals surface area contributed by atoms with E-state index in [-0.39, 0.29) is 12.4 Å². The molecule has 2 aromatic heterocycles. The second-order valence-corrected chi connectivity index (χ2v) is 6.59. The van der Waals surface area contributed by atoms with Crippen LogP contribution in [-0.2, 0) is 5.67 Å². The van der Waals surface area contributed by atoms with Crippen molar-refractivity contribution in [3.63, 3.8) is 0 Å². The Morgan fingerprint density at radius 3 is 2.78 bits per heavy atom. The fraction of sp³-hybridized carbons (Fsp3) is 0.353. The Morgan fingerprint density at radius 2 is 2.00 bits per heavy atom. The molecule has 0 amide bonds. The number of halogens is 1. The predicted molar refractivity (Wildman–Crippen MR) is 84.5 cm³/mol. The Morgan fingerprint density at radius 1 is 1.17 bits per heavy atom. The zero-order valence-corrected chi connectivity index (χ0v) is 13.0. The third-order valence-corrected chi connectivity index (χ3v) is 4.66. The quantitative estimate of drug-likeness (QED) is 0.788. The summed E-state index contributed by atoms with van der Waals surface area (Å²) >= 11 is 0. The van der Waals surface area contributed by atoms with Gasteiger partial charge in [-0.3, -0.25) is 4.98 Å². The molecule has 1 saturated heterocycles. The Labute approximate surface area is 132 Å². The molecular formula is C17H17FN4O. The van der Waals surface area contributed by atoms with E-state index in [4.69, 9.17) is 4.52 Å². The lowest BCUT2D eigenvalue weighted by Gasteiger charge is -2.29. The van der Waals surface area contributed by atoms with Crippen LogP contribution in [0.5, 0.6) is 0 Å². The SMILES string of the molecule is CC1(C)CNCC1(F)c1nc(-c2nccc3ccccc23)no1. The van der Waals surface area contributed by atoms with E-state index < -0.39 is 11.1 Å². The van der Waals surface area contributed by atoms with Gasteiger partial charge >= 0.3 is 0 Å². The Kier molecular flexibility index (Phi) is 2.99. The molecule has 1 atom stereocenters. The van der Waals surface area contributed by atoms with Crippen molar-refractivity contribution in [1.82, 2.24) is 20.4 Å². The number of nitrogens with zero attached hydrogens (tertiary/aromatic N) is 3. The molecule has 6 heteroatoms. The van der Waals surface area contributed by atoms with Crippen molar-refractivity contribution in [1.29, 1.82) is 0 Å². The Hall–Kier alpha value is -2.34. The van der Waals surface area contributed by atoms with Crippen molar-refractivity contribution in [3.05, 3.63) is 42.4 Å². The molecule has 0 bridgehead atoms. The van der Waals surface area contributed by atoms with Crippen LogP contribution in [0.2, 0.25) is 0 Å². The number of hydrogen-bond acceptors (Lipinski definition) is 5. The van der Waals surface area contributed by atoms with Gasteiger partial charge in [-0.25, -0.2) is 4.39 Å². The fourth-order valence-corrected chi connectivity index (χ4v) is 3.07. The van der Waals surface area contributed by atoms with Crippen molar-refractivity contribution in [2.75, 3.05) is 13.1 Å². The van der Waals surface area contributed by atoms with Crippen LogP contribution in [0.25, 0.3) is 22.3 Å². The molecule has 0 spiro atoms. The topological polar surface area (TPSA) is 63.8 Å². The minimum atomic E-state index is -1.68. The molecule has 3 aromatic rings. The number of alkyl halides is 1. The van der Waals surface area contributed by atoms with Gasteiger partial charge in [0.05, 0.1) is 0 Å². The first-order valence-electron chi connectivity index (χ1n) is 7.59. The molecular weight excluding hydrogens is 295 g/mol. The van der Waals surface area contributed by atoms with Crippen LogP contribution < -0.4 is 5.32 Å². The zero-order chi connectivity index (χ0) is 16.1. The monoisotopic (exact) mass is 312 g/mol. The number of nitrogens with one attached hydrogen (secondary N) is 1. The lowest BCUT2D eigenvalue weighted by Crippen LogP contribution is -2.37. The molecule has 4 rings (SSSR count). The van der Waals surface area contributed by atoms with E-state index in [0.717, 1.165) is 10.8 Å². The van der Waals surface area contributed by atoms with E-state index in [9.17, 15) is 0 Å². The van der Waals surface area contributed by atoms with Crippen LogP contribution >= 0.6 is 0 Å². The van der Waals surface area contributed by atoms with Crippen LogP contribution in [0.3, 0.4) is 0 Å². The molecule has 0 radical (unpaired) electrons. The first kappa shape index (κ1) is 14.3. The summed E-state index contributed by atoms with van der Waals surface area (Å²) in [6.07, 6.45) is 1.69. The number of hydrogen-bond donors (Lipinski definition) is 1. The number of pyridine rings is 1. The van der Waals surface area contributed by atoms with Gasteiger partial charge in [0, 0.05) is 30.1 Å². The molecule has 3 heterocycles. The third-order valence-electron chi connectivity index (χ3n) is 4.66. The van der Waals surface area contributed by atoms with Gasteiger partial charge in [-0.1, -0.05) is 43.3 Å². The number of fused-ring (bicyclic) bond motifs is 1. The van der Waals surface area contributed by atoms with Crippen molar-refractivity contribution in [3.8, 4) is 11.5 Å². The van der Waals surface area contributed by atoms with Crippen LogP contribution in [0.4, 0.5) is 4.39 Å². The molecule has 1 N–H and O–H groups in total. The lowest BCUT2D eigenvalue weighted by atomic mass is 9.79. The van der Waals surface area contributed by atoms with Crippen molar-refractivity contribution < 1.29 is 8.91 Å². The summed E-state index contributed by atoms with van der Waals surface area (Å²) in [7, 11) is 0. The standard InChI is InChI=1S/C17H17FN4O/c1-16(2)9-19-10-17(16,18)15-21-14(22-23-15)13-12-6-4-3-5-11(12)7-8-20-13/h3-8,19H,9-10H2,1-2H3. The smallest absolute Gasteiger partial charge is 0.266 e. The first-order chi connectivity index (χ1) is 11.0. The zero-order valence-electron chi connectivity index (χ0n) is 13.0. The maximum atomic E-state index is 15.4. The summed E-state index contributed by atoms with van der Waals surface area (Å²) in [6.45, 7) is 4.44. The largest absolute Gasteiger partial charge is 0.335 e. The van der Waals surface area contributed by atoms with Gasteiger partial charge < -0.3 is 9.84 Å². The second kappa shape index (κ2) is 4.83. The molecule has 1 aliphatic rings. The van der Waals surface area contributed by atoms with Gasteiger partial charge in [-0.2, -0.15) is 4.98 Å². The second-order valence-electron chi connectivity index (χ2n) is 6.59. The van der Waals surface area contributed by atoms with Crippen molar-refractivity contribution >= 4 is 10.8 Å². The normalized spacial score (nSPS) is 23.4. The van der Waals surface area contributed by atoms with Crippen LogP contribution in [0.1, 0.15) is 19.7 Å². The molecule has 1 unspecified atom stereocenters. The minimum absolute atomic E-state index is 0.0113.